The van der Waals surface area contributed by atoms with E-state index >= 15 is 0 Å². The first kappa shape index (κ1) is 18.0. The Kier molecular flexibility index (Phi) is 6.14. The van der Waals surface area contributed by atoms with Gasteiger partial charge in [0, 0.05) is 23.1 Å². The number of nitrogens with one attached hydrogen (secondary N) is 1. The minimum Gasteiger partial charge on any atom is -0.317 e. The van der Waals surface area contributed by atoms with Gasteiger partial charge in [0.05, 0.1) is 4.90 Å². The summed E-state index contributed by atoms with van der Waals surface area (Å²) < 4.78 is 27.0. The number of hydrogen-bond donors (Lipinski definition) is 1. The van der Waals surface area contributed by atoms with Crippen LogP contribution in [-0.4, -0.2) is 38.9 Å². The molecule has 124 valence electrons. The Morgan fingerprint density at radius 1 is 1.23 bits per heavy atom. The van der Waals surface area contributed by atoms with Crippen LogP contribution in [0.5, 0.6) is 0 Å². The summed E-state index contributed by atoms with van der Waals surface area (Å²) in [5.74, 6) is 0.539. The Morgan fingerprint density at radius 3 is 2.27 bits per heavy atom. The maximum atomic E-state index is 12.7. The molecule has 1 fully saturated rings. The molecule has 0 aliphatic carbocycles. The highest BCUT2D eigenvalue weighted by Gasteiger charge is 2.29. The average Bonchev–Trinajstić information content (AvgIpc) is 2.50. The van der Waals surface area contributed by atoms with Crippen molar-refractivity contribution in [3.8, 4) is 0 Å². The second-order valence-electron chi connectivity index (χ2n) is 5.67. The van der Waals surface area contributed by atoms with Crippen molar-refractivity contribution in [3.05, 3.63) is 27.7 Å². The largest absolute Gasteiger partial charge is 0.317 e. The van der Waals surface area contributed by atoms with Crippen molar-refractivity contribution in [2.75, 3.05) is 26.2 Å². The lowest BCUT2D eigenvalue weighted by Crippen LogP contribution is -2.40. The van der Waals surface area contributed by atoms with Crippen molar-refractivity contribution in [1.29, 1.82) is 0 Å². The van der Waals surface area contributed by atoms with Crippen LogP contribution in [0.25, 0.3) is 0 Å². The van der Waals surface area contributed by atoms with E-state index in [-0.39, 0.29) is 4.90 Å². The standard InChI is InChI=1S/C15H22Cl2N2O2S/c1-3-18-10-12-4-6-19(7-5-12)22(20,21)13-8-14(16)11(2)15(17)9-13/h8-9,12,18H,3-7,10H2,1-2H3. The third kappa shape index (κ3) is 3.95. The molecule has 1 saturated heterocycles. The Labute approximate surface area is 142 Å². The second-order valence-corrected chi connectivity index (χ2v) is 8.42. The summed E-state index contributed by atoms with van der Waals surface area (Å²) in [6, 6.07) is 2.98. The number of rotatable bonds is 5. The van der Waals surface area contributed by atoms with Gasteiger partial charge >= 0.3 is 0 Å². The molecule has 0 atom stereocenters. The lowest BCUT2D eigenvalue weighted by Gasteiger charge is -2.31. The molecule has 0 amide bonds. The van der Waals surface area contributed by atoms with E-state index in [9.17, 15) is 8.42 Å². The average molecular weight is 365 g/mol. The van der Waals surface area contributed by atoms with Crippen LogP contribution in [0.1, 0.15) is 25.3 Å². The molecule has 0 radical (unpaired) electrons. The molecule has 4 nitrogen and oxygen atoms in total. The monoisotopic (exact) mass is 364 g/mol. The van der Waals surface area contributed by atoms with Gasteiger partial charge in [-0.25, -0.2) is 8.42 Å². The summed E-state index contributed by atoms with van der Waals surface area (Å²) in [5.41, 5.74) is 0.701. The first-order valence-electron chi connectivity index (χ1n) is 7.52. The van der Waals surface area contributed by atoms with Crippen molar-refractivity contribution in [2.24, 2.45) is 5.92 Å². The highest BCUT2D eigenvalue weighted by atomic mass is 35.5. The number of benzene rings is 1. The third-order valence-electron chi connectivity index (χ3n) is 4.15. The summed E-state index contributed by atoms with van der Waals surface area (Å²) in [7, 11) is -3.52. The summed E-state index contributed by atoms with van der Waals surface area (Å²) in [5, 5.41) is 4.09. The predicted octanol–water partition coefficient (Wildman–Crippen LogP) is 3.31. The molecule has 1 aliphatic rings. The molecule has 22 heavy (non-hydrogen) atoms. The van der Waals surface area contributed by atoms with E-state index < -0.39 is 10.0 Å². The zero-order chi connectivity index (χ0) is 16.3. The van der Waals surface area contributed by atoms with Crippen molar-refractivity contribution >= 4 is 33.2 Å². The van der Waals surface area contributed by atoms with Crippen LogP contribution < -0.4 is 5.32 Å². The molecule has 2 rings (SSSR count). The molecule has 0 bridgehead atoms. The number of halogens is 2. The van der Waals surface area contributed by atoms with Crippen LogP contribution >= 0.6 is 23.2 Å². The van der Waals surface area contributed by atoms with E-state index in [1.165, 1.54) is 16.4 Å². The summed E-state index contributed by atoms with van der Waals surface area (Å²) in [4.78, 5) is 0.179. The highest BCUT2D eigenvalue weighted by molar-refractivity contribution is 7.89. The van der Waals surface area contributed by atoms with E-state index in [0.29, 0.717) is 34.6 Å². The van der Waals surface area contributed by atoms with Crippen molar-refractivity contribution < 1.29 is 8.42 Å². The van der Waals surface area contributed by atoms with E-state index in [2.05, 4.69) is 12.2 Å². The second kappa shape index (κ2) is 7.49. The molecule has 1 N–H and O–H groups in total. The Bertz CT molecular complexity index is 603. The van der Waals surface area contributed by atoms with Gasteiger partial charge < -0.3 is 5.32 Å². The summed E-state index contributed by atoms with van der Waals surface area (Å²) >= 11 is 12.1. The quantitative estimate of drug-likeness (QED) is 0.871. The predicted molar refractivity (Wildman–Crippen MR) is 91.2 cm³/mol. The molecule has 0 aromatic heterocycles. The number of nitrogens with zero attached hydrogens (tertiary/aromatic N) is 1. The van der Waals surface area contributed by atoms with Crippen LogP contribution in [0, 0.1) is 12.8 Å². The zero-order valence-electron chi connectivity index (χ0n) is 12.9. The Hall–Kier alpha value is -0.330. The fourth-order valence-electron chi connectivity index (χ4n) is 2.62. The molecule has 1 heterocycles. The third-order valence-corrected chi connectivity index (χ3v) is 6.81. The number of hydrogen-bond acceptors (Lipinski definition) is 3. The van der Waals surface area contributed by atoms with E-state index in [1.54, 1.807) is 6.92 Å². The van der Waals surface area contributed by atoms with Crippen LogP contribution in [0.2, 0.25) is 10.0 Å². The maximum Gasteiger partial charge on any atom is 0.243 e. The normalized spacial score (nSPS) is 17.8. The van der Waals surface area contributed by atoms with E-state index in [0.717, 1.165) is 25.9 Å². The van der Waals surface area contributed by atoms with Crippen LogP contribution in [-0.2, 0) is 10.0 Å². The van der Waals surface area contributed by atoms with E-state index in [1.807, 2.05) is 0 Å². The molecule has 1 aromatic rings. The van der Waals surface area contributed by atoms with Gasteiger partial charge in [-0.2, -0.15) is 4.31 Å². The smallest absolute Gasteiger partial charge is 0.243 e. The molecule has 0 spiro atoms. The van der Waals surface area contributed by atoms with Crippen molar-refractivity contribution in [3.63, 3.8) is 0 Å². The van der Waals surface area contributed by atoms with Gasteiger partial charge in [0.2, 0.25) is 10.0 Å². The lowest BCUT2D eigenvalue weighted by molar-refractivity contribution is 0.268. The SMILES string of the molecule is CCNCC1CCN(S(=O)(=O)c2cc(Cl)c(C)c(Cl)c2)CC1. The van der Waals surface area contributed by atoms with E-state index in [4.69, 9.17) is 23.2 Å². The molecule has 0 unspecified atom stereocenters. The minimum atomic E-state index is -3.52. The van der Waals surface area contributed by atoms with Gasteiger partial charge in [0.15, 0.2) is 0 Å². The van der Waals surface area contributed by atoms with Gasteiger partial charge in [-0.15, -0.1) is 0 Å². The molecule has 7 heteroatoms. The first-order chi connectivity index (χ1) is 10.4. The minimum absolute atomic E-state index is 0.179. The van der Waals surface area contributed by atoms with Crippen molar-refractivity contribution in [1.82, 2.24) is 9.62 Å². The van der Waals surface area contributed by atoms with Gasteiger partial charge in [0.25, 0.3) is 0 Å². The first-order valence-corrected chi connectivity index (χ1v) is 9.72. The number of sulfonamides is 1. The number of piperidine rings is 1. The Morgan fingerprint density at radius 2 is 1.77 bits per heavy atom. The summed E-state index contributed by atoms with van der Waals surface area (Å²) in [6.45, 7) is 6.83. The van der Waals surface area contributed by atoms with Crippen LogP contribution in [0.3, 0.4) is 0 Å². The zero-order valence-corrected chi connectivity index (χ0v) is 15.2. The highest BCUT2D eigenvalue weighted by Crippen LogP contribution is 2.30. The molecule has 0 saturated carbocycles. The van der Waals surface area contributed by atoms with Gasteiger partial charge in [0.1, 0.15) is 0 Å². The van der Waals surface area contributed by atoms with Crippen LogP contribution in [0.4, 0.5) is 0 Å². The fraction of sp³-hybridized carbons (Fsp3) is 0.600. The van der Waals surface area contributed by atoms with Gasteiger partial charge in [-0.05, 0) is 56.5 Å². The molecular formula is C15H22Cl2N2O2S. The summed E-state index contributed by atoms with van der Waals surface area (Å²) in [6.07, 6.45) is 1.75. The molecule has 1 aromatic carbocycles. The molecule has 1 aliphatic heterocycles. The van der Waals surface area contributed by atoms with Crippen molar-refractivity contribution in [2.45, 2.75) is 31.6 Å². The molecular weight excluding hydrogens is 343 g/mol. The fourth-order valence-corrected chi connectivity index (χ4v) is 4.76. The maximum absolute atomic E-state index is 12.7. The topological polar surface area (TPSA) is 49.4 Å². The van der Waals surface area contributed by atoms with Gasteiger partial charge in [-0.3, -0.25) is 0 Å². The van der Waals surface area contributed by atoms with Gasteiger partial charge in [-0.1, -0.05) is 30.1 Å². The lowest BCUT2D eigenvalue weighted by atomic mass is 9.98. The van der Waals surface area contributed by atoms with Crippen LogP contribution in [0.15, 0.2) is 17.0 Å². The Balaban J connectivity index is 2.12.